The molecule has 0 saturated carbocycles. The van der Waals surface area contributed by atoms with Crippen LogP contribution in [0.4, 0.5) is 0 Å². The van der Waals surface area contributed by atoms with Crippen LogP contribution in [0.3, 0.4) is 0 Å². The Labute approximate surface area is 251 Å². The minimum Gasteiger partial charge on any atom is -0.342 e. The van der Waals surface area contributed by atoms with Gasteiger partial charge in [-0.15, -0.1) is 12.4 Å². The van der Waals surface area contributed by atoms with Gasteiger partial charge in [0.15, 0.2) is 9.84 Å². The highest BCUT2D eigenvalue weighted by molar-refractivity contribution is 7.90. The number of halogens is 1. The van der Waals surface area contributed by atoms with E-state index in [4.69, 9.17) is 0 Å². The van der Waals surface area contributed by atoms with Crippen molar-refractivity contribution in [2.24, 2.45) is 17.3 Å². The summed E-state index contributed by atoms with van der Waals surface area (Å²) in [5.74, 6) is 1.59. The van der Waals surface area contributed by atoms with Crippen molar-refractivity contribution in [3.05, 3.63) is 65.7 Å². The Morgan fingerprint density at radius 1 is 0.951 bits per heavy atom. The highest BCUT2D eigenvalue weighted by Gasteiger charge is 2.48. The Hall–Kier alpha value is -2.42. The quantitative estimate of drug-likeness (QED) is 0.441. The SMILES string of the molecule is CC(C)CC(=O)N1CC(CN2CCC3(CC2)CCN(Cc2ccc(S(C)(=O)=O)cc2)C3=O)C(c2ccccc2)C1.Cl. The van der Waals surface area contributed by atoms with Crippen LogP contribution in [0.5, 0.6) is 0 Å². The average Bonchev–Trinajstić information content (AvgIpc) is 3.47. The molecule has 2 amide bonds. The summed E-state index contributed by atoms with van der Waals surface area (Å²) in [6, 6.07) is 17.5. The maximum atomic E-state index is 13.6. The summed E-state index contributed by atoms with van der Waals surface area (Å²) in [5, 5.41) is 0. The number of likely N-dealkylation sites (tertiary alicyclic amines) is 3. The first-order chi connectivity index (χ1) is 19.0. The number of rotatable bonds is 8. The summed E-state index contributed by atoms with van der Waals surface area (Å²) in [5.41, 5.74) is 1.99. The van der Waals surface area contributed by atoms with Gasteiger partial charge in [0.05, 0.1) is 10.3 Å². The van der Waals surface area contributed by atoms with E-state index in [-0.39, 0.29) is 29.6 Å². The molecule has 2 atom stereocenters. The third-order valence-corrected chi connectivity index (χ3v) is 10.4. The van der Waals surface area contributed by atoms with Crippen LogP contribution in [0.2, 0.25) is 0 Å². The Bertz CT molecular complexity index is 1310. The van der Waals surface area contributed by atoms with Crippen LogP contribution >= 0.6 is 12.4 Å². The molecule has 0 radical (unpaired) electrons. The van der Waals surface area contributed by atoms with Crippen molar-refractivity contribution in [1.29, 1.82) is 0 Å². The second-order valence-corrected chi connectivity index (χ2v) is 14.7. The van der Waals surface area contributed by atoms with Crippen molar-refractivity contribution in [1.82, 2.24) is 14.7 Å². The molecule has 41 heavy (non-hydrogen) atoms. The first kappa shape index (κ1) is 31.5. The molecule has 7 nitrogen and oxygen atoms in total. The lowest BCUT2D eigenvalue weighted by Crippen LogP contribution is -2.46. The molecule has 3 fully saturated rings. The highest BCUT2D eigenvalue weighted by Crippen LogP contribution is 2.43. The number of carbonyl (C=O) groups excluding carboxylic acids is 2. The van der Waals surface area contributed by atoms with Crippen molar-refractivity contribution in [3.8, 4) is 0 Å². The maximum absolute atomic E-state index is 13.6. The number of hydrogen-bond donors (Lipinski definition) is 0. The summed E-state index contributed by atoms with van der Waals surface area (Å²) in [6.45, 7) is 9.82. The highest BCUT2D eigenvalue weighted by atomic mass is 35.5. The van der Waals surface area contributed by atoms with Gasteiger partial charge in [-0.3, -0.25) is 9.59 Å². The van der Waals surface area contributed by atoms with Gasteiger partial charge >= 0.3 is 0 Å². The van der Waals surface area contributed by atoms with Crippen LogP contribution in [0, 0.1) is 17.3 Å². The smallest absolute Gasteiger partial charge is 0.229 e. The fourth-order valence-corrected chi connectivity index (χ4v) is 7.51. The molecule has 0 aromatic heterocycles. The van der Waals surface area contributed by atoms with E-state index in [2.05, 4.69) is 47.9 Å². The number of sulfone groups is 1. The van der Waals surface area contributed by atoms with Crippen molar-refractivity contribution in [3.63, 3.8) is 0 Å². The molecular weight excluding hydrogens is 558 g/mol. The van der Waals surface area contributed by atoms with Gasteiger partial charge in [-0.1, -0.05) is 56.3 Å². The third-order valence-electron chi connectivity index (χ3n) is 9.24. The first-order valence-electron chi connectivity index (χ1n) is 14.7. The summed E-state index contributed by atoms with van der Waals surface area (Å²) in [7, 11) is -3.23. The molecular formula is C32H44ClN3O4S. The van der Waals surface area contributed by atoms with Crippen LogP contribution in [-0.2, 0) is 26.0 Å². The van der Waals surface area contributed by atoms with Crippen LogP contribution in [0.1, 0.15) is 56.6 Å². The monoisotopic (exact) mass is 601 g/mol. The van der Waals surface area contributed by atoms with E-state index in [0.29, 0.717) is 35.6 Å². The zero-order valence-corrected chi connectivity index (χ0v) is 26.1. The predicted molar refractivity (Wildman–Crippen MR) is 164 cm³/mol. The van der Waals surface area contributed by atoms with Crippen LogP contribution in [0.25, 0.3) is 0 Å². The molecule has 0 aliphatic carbocycles. The zero-order valence-electron chi connectivity index (χ0n) is 24.5. The predicted octanol–water partition coefficient (Wildman–Crippen LogP) is 4.61. The number of carbonyl (C=O) groups is 2. The normalized spacial score (nSPS) is 22.9. The van der Waals surface area contributed by atoms with Crippen molar-refractivity contribution in [2.75, 3.05) is 45.5 Å². The van der Waals surface area contributed by atoms with Gasteiger partial charge in [-0.2, -0.15) is 0 Å². The molecule has 224 valence electrons. The molecule has 2 aromatic carbocycles. The van der Waals surface area contributed by atoms with Gasteiger partial charge < -0.3 is 14.7 Å². The van der Waals surface area contributed by atoms with E-state index in [0.717, 1.165) is 64.1 Å². The van der Waals surface area contributed by atoms with Crippen molar-refractivity contribution >= 4 is 34.1 Å². The van der Waals surface area contributed by atoms with Crippen molar-refractivity contribution < 1.29 is 18.0 Å². The van der Waals surface area contributed by atoms with E-state index >= 15 is 0 Å². The summed E-state index contributed by atoms with van der Waals surface area (Å²) < 4.78 is 23.5. The fraction of sp³-hybridized carbons (Fsp3) is 0.562. The van der Waals surface area contributed by atoms with E-state index in [9.17, 15) is 18.0 Å². The summed E-state index contributed by atoms with van der Waals surface area (Å²) in [6.07, 6.45) is 4.43. The minimum absolute atomic E-state index is 0. The molecule has 3 saturated heterocycles. The first-order valence-corrected chi connectivity index (χ1v) is 16.6. The van der Waals surface area contributed by atoms with E-state index in [1.54, 1.807) is 12.1 Å². The van der Waals surface area contributed by atoms with Crippen LogP contribution in [0.15, 0.2) is 59.5 Å². The summed E-state index contributed by atoms with van der Waals surface area (Å²) in [4.78, 5) is 33.4. The van der Waals surface area contributed by atoms with Gasteiger partial charge in [0.2, 0.25) is 11.8 Å². The number of benzene rings is 2. The molecule has 0 N–H and O–H groups in total. The van der Waals surface area contributed by atoms with Gasteiger partial charge in [0.25, 0.3) is 0 Å². The second kappa shape index (κ2) is 12.8. The fourth-order valence-electron chi connectivity index (χ4n) is 6.88. The maximum Gasteiger partial charge on any atom is 0.229 e. The minimum atomic E-state index is -3.23. The third kappa shape index (κ3) is 7.15. The van der Waals surface area contributed by atoms with Gasteiger partial charge in [-0.25, -0.2) is 8.42 Å². The average molecular weight is 602 g/mol. The van der Waals surface area contributed by atoms with E-state index < -0.39 is 9.84 Å². The molecule has 0 bridgehead atoms. The lowest BCUT2D eigenvalue weighted by molar-refractivity contribution is -0.139. The largest absolute Gasteiger partial charge is 0.342 e. The Morgan fingerprint density at radius 2 is 1.59 bits per heavy atom. The Balaban J connectivity index is 0.00000387. The molecule has 1 spiro atoms. The zero-order chi connectivity index (χ0) is 28.5. The lowest BCUT2D eigenvalue weighted by atomic mass is 9.76. The van der Waals surface area contributed by atoms with E-state index in [1.807, 2.05) is 23.1 Å². The Kier molecular flexibility index (Phi) is 9.87. The van der Waals surface area contributed by atoms with Crippen LogP contribution in [-0.4, -0.2) is 80.5 Å². The number of piperidine rings is 1. The molecule has 2 aromatic rings. The van der Waals surface area contributed by atoms with Crippen molar-refractivity contribution in [2.45, 2.75) is 56.9 Å². The lowest BCUT2D eigenvalue weighted by Gasteiger charge is -2.39. The van der Waals surface area contributed by atoms with Gasteiger partial charge in [0, 0.05) is 51.3 Å². The Morgan fingerprint density at radius 3 is 2.20 bits per heavy atom. The summed E-state index contributed by atoms with van der Waals surface area (Å²) >= 11 is 0. The molecule has 3 heterocycles. The molecule has 9 heteroatoms. The molecule has 5 rings (SSSR count). The van der Waals surface area contributed by atoms with Gasteiger partial charge in [0.1, 0.15) is 0 Å². The van der Waals surface area contributed by atoms with Gasteiger partial charge in [-0.05, 0) is 67.4 Å². The second-order valence-electron chi connectivity index (χ2n) is 12.6. The number of amides is 2. The topological polar surface area (TPSA) is 78.0 Å². The molecule has 3 aliphatic heterocycles. The van der Waals surface area contributed by atoms with Crippen LogP contribution < -0.4 is 0 Å². The number of nitrogens with zero attached hydrogens (tertiary/aromatic N) is 3. The molecule has 3 aliphatic rings. The van der Waals surface area contributed by atoms with E-state index in [1.165, 1.54) is 11.8 Å². The number of hydrogen-bond acceptors (Lipinski definition) is 5. The standard InChI is InChI=1S/C32H43N3O4S.ClH/c1-24(2)19-30(36)35-22-27(29(23-35)26-7-5-4-6-8-26)21-33-16-13-32(14-17-33)15-18-34(31(32)37)20-25-9-11-28(12-10-25)40(3,38)39;/h4-12,24,27,29H,13-23H2,1-3H3;1H. The molecule has 2 unspecified atom stereocenters.